The Labute approximate surface area is 143 Å². The third-order valence-electron chi connectivity index (χ3n) is 3.31. The Morgan fingerprint density at radius 3 is 2.62 bits per heavy atom. The Morgan fingerprint density at radius 2 is 2.00 bits per heavy atom. The largest absolute Gasteiger partial charge is 0.497 e. The zero-order valence-corrected chi connectivity index (χ0v) is 14.4. The highest BCUT2D eigenvalue weighted by atomic mass is 32.1. The van der Waals surface area contributed by atoms with Crippen molar-refractivity contribution in [2.24, 2.45) is 5.73 Å². The molecule has 0 unspecified atom stereocenters. The van der Waals surface area contributed by atoms with E-state index in [4.69, 9.17) is 15.2 Å². The zero-order chi connectivity index (χ0) is 17.7. The van der Waals surface area contributed by atoms with Gasteiger partial charge in [-0.1, -0.05) is 0 Å². The van der Waals surface area contributed by atoms with Crippen LogP contribution in [0.1, 0.15) is 21.5 Å². The van der Waals surface area contributed by atoms with Crippen molar-refractivity contribution in [3.8, 4) is 11.5 Å². The molecule has 0 fully saturated rings. The molecule has 0 aliphatic carbocycles. The van der Waals surface area contributed by atoms with Crippen LogP contribution in [0, 0.1) is 6.92 Å². The molecule has 3 N–H and O–H groups in total. The molecule has 0 spiro atoms. The van der Waals surface area contributed by atoms with Crippen molar-refractivity contribution in [2.45, 2.75) is 6.92 Å². The first-order chi connectivity index (χ1) is 11.5. The van der Waals surface area contributed by atoms with E-state index in [1.807, 2.05) is 0 Å². The van der Waals surface area contributed by atoms with Crippen LogP contribution in [0.4, 0.5) is 5.00 Å². The molecule has 0 atom stereocenters. The van der Waals surface area contributed by atoms with Gasteiger partial charge < -0.3 is 20.5 Å². The average Bonchev–Trinajstić information content (AvgIpc) is 2.93. The number of hydrogen-bond donors (Lipinski definition) is 2. The summed E-state index contributed by atoms with van der Waals surface area (Å²) >= 11 is 1.26. The first-order valence-corrected chi connectivity index (χ1v) is 7.93. The van der Waals surface area contributed by atoms with Gasteiger partial charge in [-0.15, -0.1) is 11.3 Å². The highest BCUT2D eigenvalue weighted by molar-refractivity contribution is 7.15. The second-order valence-corrected chi connectivity index (χ2v) is 5.80. The highest BCUT2D eigenvalue weighted by Crippen LogP contribution is 2.28. The lowest BCUT2D eigenvalue weighted by atomic mass is 10.1. The van der Waals surface area contributed by atoms with Crippen LogP contribution in [0.2, 0.25) is 0 Å². The minimum Gasteiger partial charge on any atom is -0.497 e. The molecule has 0 radical (unpaired) electrons. The van der Waals surface area contributed by atoms with Crippen LogP contribution >= 0.6 is 11.3 Å². The third-order valence-corrected chi connectivity index (χ3v) is 4.32. The lowest BCUT2D eigenvalue weighted by molar-refractivity contribution is -0.111. The topological polar surface area (TPSA) is 90.7 Å². The van der Waals surface area contributed by atoms with E-state index in [1.165, 1.54) is 17.4 Å². The lowest BCUT2D eigenvalue weighted by Crippen LogP contribution is -2.16. The van der Waals surface area contributed by atoms with Gasteiger partial charge in [0.2, 0.25) is 5.91 Å². The summed E-state index contributed by atoms with van der Waals surface area (Å²) in [4.78, 5) is 23.6. The minimum absolute atomic E-state index is 0.334. The van der Waals surface area contributed by atoms with Gasteiger partial charge in [-0.3, -0.25) is 9.59 Å². The number of nitrogens with two attached hydrogens (primary N) is 1. The van der Waals surface area contributed by atoms with Crippen LogP contribution in [0.5, 0.6) is 11.5 Å². The quantitative estimate of drug-likeness (QED) is 0.787. The Hall–Kier alpha value is -2.80. The maximum absolute atomic E-state index is 12.1. The molecule has 1 aromatic carbocycles. The summed E-state index contributed by atoms with van der Waals surface area (Å²) in [5.41, 5.74) is 7.11. The molecular weight excluding hydrogens is 328 g/mol. The fraction of sp³-hybridized carbons (Fsp3) is 0.176. The van der Waals surface area contributed by atoms with E-state index in [0.717, 1.165) is 5.56 Å². The van der Waals surface area contributed by atoms with Crippen LogP contribution in [-0.2, 0) is 4.79 Å². The number of rotatable bonds is 6. The van der Waals surface area contributed by atoms with Crippen molar-refractivity contribution in [1.82, 2.24) is 0 Å². The van der Waals surface area contributed by atoms with E-state index in [1.54, 1.807) is 50.8 Å². The molecule has 6 nitrogen and oxygen atoms in total. The second kappa shape index (κ2) is 7.65. The fourth-order valence-corrected chi connectivity index (χ4v) is 3.08. The monoisotopic (exact) mass is 346 g/mol. The van der Waals surface area contributed by atoms with Crippen LogP contribution < -0.4 is 20.5 Å². The van der Waals surface area contributed by atoms with Crippen molar-refractivity contribution in [2.75, 3.05) is 19.5 Å². The second-order valence-electron chi connectivity index (χ2n) is 4.92. The number of amides is 2. The Morgan fingerprint density at radius 1 is 1.25 bits per heavy atom. The summed E-state index contributed by atoms with van der Waals surface area (Å²) in [6.45, 7) is 1.77. The molecule has 2 amide bonds. The van der Waals surface area contributed by atoms with E-state index in [9.17, 15) is 9.59 Å². The van der Waals surface area contributed by atoms with Gasteiger partial charge in [0.05, 0.1) is 19.8 Å². The number of primary amides is 1. The molecule has 0 saturated heterocycles. The van der Waals surface area contributed by atoms with Gasteiger partial charge >= 0.3 is 0 Å². The maximum Gasteiger partial charge on any atom is 0.251 e. The molecule has 126 valence electrons. The van der Waals surface area contributed by atoms with Gasteiger partial charge in [-0.05, 0) is 42.1 Å². The number of hydrogen-bond acceptors (Lipinski definition) is 5. The van der Waals surface area contributed by atoms with Crippen molar-refractivity contribution in [3.63, 3.8) is 0 Å². The molecule has 24 heavy (non-hydrogen) atoms. The van der Waals surface area contributed by atoms with Gasteiger partial charge in [0.15, 0.2) is 0 Å². The molecule has 0 aliphatic heterocycles. The first kappa shape index (κ1) is 17.6. The molecular formula is C17H18N2O4S. The molecule has 1 aromatic heterocycles. The van der Waals surface area contributed by atoms with Gasteiger partial charge in [0.1, 0.15) is 16.5 Å². The SMILES string of the molecule is COc1ccc(OC)c(C=CC(=O)Nc2scc(C)c2C(N)=O)c1. The van der Waals surface area contributed by atoms with Crippen LogP contribution in [0.3, 0.4) is 0 Å². The molecule has 7 heteroatoms. The number of aryl methyl sites for hydroxylation is 1. The molecule has 0 saturated carbocycles. The minimum atomic E-state index is -0.567. The van der Waals surface area contributed by atoms with Gasteiger partial charge in [-0.25, -0.2) is 0 Å². The fourth-order valence-electron chi connectivity index (χ4n) is 2.13. The van der Waals surface area contributed by atoms with E-state index < -0.39 is 5.91 Å². The summed E-state index contributed by atoms with van der Waals surface area (Å²) in [7, 11) is 3.11. The standard InChI is InChI=1S/C17H18N2O4S/c1-10-9-24-17(15(10)16(18)21)19-14(20)7-4-11-8-12(22-2)5-6-13(11)23-3/h4-9H,1-3H3,(H2,18,21)(H,19,20). The van der Waals surface area contributed by atoms with Gasteiger partial charge in [-0.2, -0.15) is 0 Å². The van der Waals surface area contributed by atoms with Gasteiger partial charge in [0, 0.05) is 11.6 Å². The number of methoxy groups -OCH3 is 2. The zero-order valence-electron chi connectivity index (χ0n) is 13.6. The predicted octanol–water partition coefficient (Wildman–Crippen LogP) is 2.82. The third kappa shape index (κ3) is 3.94. The summed E-state index contributed by atoms with van der Waals surface area (Å²) in [6.07, 6.45) is 2.97. The van der Waals surface area contributed by atoms with E-state index in [0.29, 0.717) is 27.6 Å². The van der Waals surface area contributed by atoms with Crippen LogP contribution in [0.25, 0.3) is 6.08 Å². The molecule has 2 aromatic rings. The van der Waals surface area contributed by atoms with E-state index in [2.05, 4.69) is 5.32 Å². The lowest BCUT2D eigenvalue weighted by Gasteiger charge is -2.07. The predicted molar refractivity (Wildman–Crippen MR) is 94.8 cm³/mol. The average molecular weight is 346 g/mol. The summed E-state index contributed by atoms with van der Waals surface area (Å²) in [5, 5.41) is 4.87. The number of ether oxygens (including phenoxy) is 2. The molecule has 1 heterocycles. The number of thiophene rings is 1. The van der Waals surface area contributed by atoms with Crippen molar-refractivity contribution in [3.05, 3.63) is 46.3 Å². The smallest absolute Gasteiger partial charge is 0.251 e. The van der Waals surface area contributed by atoms with Crippen molar-refractivity contribution < 1.29 is 19.1 Å². The molecule has 0 bridgehead atoms. The Bertz CT molecular complexity index is 796. The number of nitrogens with one attached hydrogen (secondary N) is 1. The number of anilines is 1. The van der Waals surface area contributed by atoms with E-state index >= 15 is 0 Å². The number of carbonyl (C=O) groups is 2. The molecule has 0 aliphatic rings. The summed E-state index contributed by atoms with van der Waals surface area (Å²) in [6, 6.07) is 5.28. The Kier molecular flexibility index (Phi) is 5.59. The Balaban J connectivity index is 2.18. The van der Waals surface area contributed by atoms with Gasteiger partial charge in [0.25, 0.3) is 5.91 Å². The van der Waals surface area contributed by atoms with Crippen molar-refractivity contribution >= 4 is 34.2 Å². The van der Waals surface area contributed by atoms with Crippen molar-refractivity contribution in [1.29, 1.82) is 0 Å². The van der Waals surface area contributed by atoms with E-state index in [-0.39, 0.29) is 5.91 Å². The highest BCUT2D eigenvalue weighted by Gasteiger charge is 2.15. The van der Waals surface area contributed by atoms with Crippen LogP contribution in [0.15, 0.2) is 29.7 Å². The maximum atomic E-state index is 12.1. The first-order valence-electron chi connectivity index (χ1n) is 7.05. The normalized spacial score (nSPS) is 10.6. The number of carbonyl (C=O) groups excluding carboxylic acids is 2. The summed E-state index contributed by atoms with van der Waals surface area (Å²) < 4.78 is 10.4. The van der Waals surface area contributed by atoms with Crippen LogP contribution in [-0.4, -0.2) is 26.0 Å². The molecule has 2 rings (SSSR count). The summed E-state index contributed by atoms with van der Waals surface area (Å²) in [5.74, 6) is 0.331. The number of benzene rings is 1.